The van der Waals surface area contributed by atoms with Crippen LogP contribution in [-0.2, 0) is 0 Å². The average Bonchev–Trinajstić information content (AvgIpc) is 2.71. The lowest BCUT2D eigenvalue weighted by Crippen LogP contribution is -2.33. The van der Waals surface area contributed by atoms with Gasteiger partial charge in [0.2, 0.25) is 0 Å². The Kier molecular flexibility index (Phi) is 5.28. The van der Waals surface area contributed by atoms with Crippen LogP contribution in [0.1, 0.15) is 51.0 Å². The minimum atomic E-state index is 0.537. The molecule has 0 bridgehead atoms. The molecule has 1 aliphatic rings. The van der Waals surface area contributed by atoms with Crippen LogP contribution in [-0.4, -0.2) is 6.54 Å². The molecule has 1 aliphatic carbocycles. The van der Waals surface area contributed by atoms with Crippen molar-refractivity contribution in [3.63, 3.8) is 0 Å². The number of hydrogen-bond donors (Lipinski definition) is 1. The Bertz CT molecular complexity index is 366. The van der Waals surface area contributed by atoms with E-state index in [0.717, 1.165) is 24.3 Å². The molecular formula is C15H24BrNS. The fraction of sp³-hybridized carbons (Fsp3) is 0.733. The molecule has 1 fully saturated rings. The van der Waals surface area contributed by atoms with Crippen molar-refractivity contribution >= 4 is 27.3 Å². The van der Waals surface area contributed by atoms with Crippen LogP contribution in [0.3, 0.4) is 0 Å². The number of hydrogen-bond acceptors (Lipinski definition) is 2. The van der Waals surface area contributed by atoms with Crippen molar-refractivity contribution in [2.75, 3.05) is 6.54 Å². The van der Waals surface area contributed by atoms with E-state index in [2.05, 4.69) is 53.5 Å². The maximum atomic E-state index is 3.72. The lowest BCUT2D eigenvalue weighted by Gasteiger charge is -2.36. The summed E-state index contributed by atoms with van der Waals surface area (Å²) in [6.07, 6.45) is 4.14. The summed E-state index contributed by atoms with van der Waals surface area (Å²) < 4.78 is 1.28. The van der Waals surface area contributed by atoms with Gasteiger partial charge < -0.3 is 5.32 Å². The summed E-state index contributed by atoms with van der Waals surface area (Å²) in [5.74, 6) is 2.54. The van der Waals surface area contributed by atoms with Gasteiger partial charge in [-0.2, -0.15) is 0 Å². The van der Waals surface area contributed by atoms with Gasteiger partial charge in [-0.1, -0.05) is 20.8 Å². The molecule has 2 rings (SSSR count). The number of rotatable bonds is 4. The molecule has 0 spiro atoms. The van der Waals surface area contributed by atoms with Crippen LogP contribution in [0.4, 0.5) is 0 Å². The molecule has 3 unspecified atom stereocenters. The van der Waals surface area contributed by atoms with E-state index in [4.69, 9.17) is 0 Å². The Labute approximate surface area is 123 Å². The highest BCUT2D eigenvalue weighted by molar-refractivity contribution is 9.10. The summed E-state index contributed by atoms with van der Waals surface area (Å²) in [7, 11) is 0. The highest BCUT2D eigenvalue weighted by Gasteiger charge is 2.31. The van der Waals surface area contributed by atoms with Crippen molar-refractivity contribution < 1.29 is 0 Å². The standard InChI is InChI=1S/C15H24BrNS/c1-4-17-14(15-13(16)5-6-18-15)12-8-10(2)7-11(3)9-12/h5-6,10-12,14,17H,4,7-9H2,1-3H3. The van der Waals surface area contributed by atoms with Gasteiger partial charge in [0.25, 0.3) is 0 Å². The first-order valence-corrected chi connectivity index (χ1v) is 8.75. The van der Waals surface area contributed by atoms with Crippen LogP contribution in [0.15, 0.2) is 15.9 Å². The molecule has 0 amide bonds. The van der Waals surface area contributed by atoms with E-state index >= 15 is 0 Å². The van der Waals surface area contributed by atoms with Gasteiger partial charge in [0.15, 0.2) is 0 Å². The second-order valence-electron chi connectivity index (χ2n) is 5.85. The molecular weight excluding hydrogens is 306 g/mol. The maximum absolute atomic E-state index is 3.72. The number of halogens is 1. The Balaban J connectivity index is 2.17. The fourth-order valence-corrected chi connectivity index (χ4v) is 5.29. The van der Waals surface area contributed by atoms with Gasteiger partial charge in [-0.3, -0.25) is 0 Å². The van der Waals surface area contributed by atoms with Gasteiger partial charge in [0.1, 0.15) is 0 Å². The topological polar surface area (TPSA) is 12.0 Å². The van der Waals surface area contributed by atoms with Gasteiger partial charge in [0, 0.05) is 15.4 Å². The highest BCUT2D eigenvalue weighted by Crippen LogP contribution is 2.42. The minimum absolute atomic E-state index is 0.537. The first-order valence-electron chi connectivity index (χ1n) is 7.08. The SMILES string of the molecule is CCNC(c1sccc1Br)C1CC(C)CC(C)C1. The summed E-state index contributed by atoms with van der Waals surface area (Å²) >= 11 is 5.59. The molecule has 1 aromatic rings. The van der Waals surface area contributed by atoms with Crippen molar-refractivity contribution in [2.45, 2.75) is 46.1 Å². The largest absolute Gasteiger partial charge is 0.309 e. The van der Waals surface area contributed by atoms with Crippen LogP contribution >= 0.6 is 27.3 Å². The van der Waals surface area contributed by atoms with Crippen molar-refractivity contribution in [1.29, 1.82) is 0 Å². The van der Waals surface area contributed by atoms with E-state index in [-0.39, 0.29) is 0 Å². The Morgan fingerprint density at radius 2 is 2.00 bits per heavy atom. The van der Waals surface area contributed by atoms with E-state index in [1.165, 1.54) is 28.6 Å². The molecule has 18 heavy (non-hydrogen) atoms. The highest BCUT2D eigenvalue weighted by atomic mass is 79.9. The first-order chi connectivity index (χ1) is 8.61. The normalized spacial score (nSPS) is 30.3. The molecule has 1 saturated carbocycles. The van der Waals surface area contributed by atoms with E-state index in [0.29, 0.717) is 6.04 Å². The van der Waals surface area contributed by atoms with E-state index in [1.807, 2.05) is 11.3 Å². The van der Waals surface area contributed by atoms with Crippen molar-refractivity contribution in [1.82, 2.24) is 5.32 Å². The van der Waals surface area contributed by atoms with Crippen LogP contribution in [0.25, 0.3) is 0 Å². The maximum Gasteiger partial charge on any atom is 0.0454 e. The molecule has 0 aromatic carbocycles. The number of thiophene rings is 1. The Hall–Kier alpha value is 0.140. The average molecular weight is 330 g/mol. The first kappa shape index (κ1) is 14.5. The van der Waals surface area contributed by atoms with Gasteiger partial charge in [-0.05, 0) is 70.9 Å². The lowest BCUT2D eigenvalue weighted by molar-refractivity contribution is 0.178. The summed E-state index contributed by atoms with van der Waals surface area (Å²) in [6, 6.07) is 2.72. The van der Waals surface area contributed by atoms with Crippen LogP contribution in [0, 0.1) is 17.8 Å². The third-order valence-corrected chi connectivity index (χ3v) is 5.99. The zero-order valence-corrected chi connectivity index (χ0v) is 14.0. The van der Waals surface area contributed by atoms with E-state index in [9.17, 15) is 0 Å². The zero-order chi connectivity index (χ0) is 13.1. The van der Waals surface area contributed by atoms with Crippen molar-refractivity contribution in [3.05, 3.63) is 20.8 Å². The fourth-order valence-electron chi connectivity index (χ4n) is 3.50. The van der Waals surface area contributed by atoms with Gasteiger partial charge in [0.05, 0.1) is 0 Å². The summed E-state index contributed by atoms with van der Waals surface area (Å²) in [6.45, 7) is 8.09. The molecule has 1 nitrogen and oxygen atoms in total. The second kappa shape index (κ2) is 6.53. The molecule has 0 saturated heterocycles. The summed E-state index contributed by atoms with van der Waals surface area (Å²) in [5, 5.41) is 5.91. The van der Waals surface area contributed by atoms with Gasteiger partial charge in [-0.25, -0.2) is 0 Å². The number of nitrogens with one attached hydrogen (secondary N) is 1. The smallest absolute Gasteiger partial charge is 0.0454 e. The molecule has 3 heteroatoms. The van der Waals surface area contributed by atoms with E-state index in [1.54, 1.807) is 0 Å². The predicted octanol–water partition coefficient (Wildman–Crippen LogP) is 5.23. The zero-order valence-electron chi connectivity index (χ0n) is 11.6. The third-order valence-electron chi connectivity index (χ3n) is 4.04. The lowest BCUT2D eigenvalue weighted by atomic mass is 9.73. The van der Waals surface area contributed by atoms with Gasteiger partial charge >= 0.3 is 0 Å². The molecule has 0 radical (unpaired) electrons. The Morgan fingerprint density at radius 1 is 1.33 bits per heavy atom. The van der Waals surface area contributed by atoms with Crippen LogP contribution in [0.5, 0.6) is 0 Å². The van der Waals surface area contributed by atoms with Crippen LogP contribution < -0.4 is 5.32 Å². The van der Waals surface area contributed by atoms with Crippen molar-refractivity contribution in [3.8, 4) is 0 Å². The molecule has 0 aliphatic heterocycles. The monoisotopic (exact) mass is 329 g/mol. The molecule has 3 atom stereocenters. The van der Waals surface area contributed by atoms with Crippen molar-refractivity contribution in [2.24, 2.45) is 17.8 Å². The summed E-state index contributed by atoms with van der Waals surface area (Å²) in [5.41, 5.74) is 0. The molecule has 102 valence electrons. The molecule has 1 heterocycles. The van der Waals surface area contributed by atoms with E-state index < -0.39 is 0 Å². The minimum Gasteiger partial charge on any atom is -0.309 e. The predicted molar refractivity (Wildman–Crippen MR) is 84.1 cm³/mol. The second-order valence-corrected chi connectivity index (χ2v) is 7.65. The molecule has 1 aromatic heterocycles. The summed E-state index contributed by atoms with van der Waals surface area (Å²) in [4.78, 5) is 1.49. The van der Waals surface area contributed by atoms with Gasteiger partial charge in [-0.15, -0.1) is 11.3 Å². The molecule has 1 N–H and O–H groups in total. The Morgan fingerprint density at radius 3 is 2.50 bits per heavy atom. The quantitative estimate of drug-likeness (QED) is 0.797. The van der Waals surface area contributed by atoms with Crippen LogP contribution in [0.2, 0.25) is 0 Å². The third kappa shape index (κ3) is 3.37.